The number of methoxy groups -OCH3 is 2. The van der Waals surface area contributed by atoms with Gasteiger partial charge in [0.1, 0.15) is 29.1 Å². The molecule has 11 nitrogen and oxygen atoms in total. The Morgan fingerprint density at radius 1 is 1.08 bits per heavy atom. The Bertz CT molecular complexity index is 1260. The third-order valence-corrected chi connectivity index (χ3v) is 6.38. The van der Waals surface area contributed by atoms with Crippen molar-refractivity contribution in [3.63, 3.8) is 0 Å². The number of rotatable bonds is 4. The Hall–Kier alpha value is -4.25. The van der Waals surface area contributed by atoms with Crippen LogP contribution in [0.15, 0.2) is 48.9 Å². The van der Waals surface area contributed by atoms with Gasteiger partial charge in [-0.25, -0.2) is 4.98 Å². The Kier molecular flexibility index (Phi) is 7.13. The Morgan fingerprint density at radius 2 is 1.97 bits per heavy atom. The van der Waals surface area contributed by atoms with Gasteiger partial charge < -0.3 is 34.6 Å². The summed E-state index contributed by atoms with van der Waals surface area (Å²) in [7, 11) is 3.08. The lowest BCUT2D eigenvalue weighted by atomic mass is 10.1. The van der Waals surface area contributed by atoms with E-state index in [0.717, 1.165) is 11.3 Å². The second kappa shape index (κ2) is 10.8. The molecule has 194 valence electrons. The van der Waals surface area contributed by atoms with Crippen molar-refractivity contribution in [3.05, 3.63) is 65.7 Å². The molecule has 2 amide bonds. The largest absolute Gasteiger partial charge is 0.497 e. The minimum atomic E-state index is -0.320. The zero-order valence-corrected chi connectivity index (χ0v) is 20.7. The van der Waals surface area contributed by atoms with Crippen molar-refractivity contribution in [3.8, 4) is 23.0 Å². The fourth-order valence-corrected chi connectivity index (χ4v) is 4.52. The van der Waals surface area contributed by atoms with Gasteiger partial charge in [0.25, 0.3) is 11.8 Å². The monoisotopic (exact) mass is 507 g/mol. The number of likely N-dealkylation sites (tertiary alicyclic amines) is 1. The van der Waals surface area contributed by atoms with Gasteiger partial charge in [0.15, 0.2) is 6.61 Å². The number of aromatic nitrogens is 2. The molecule has 0 radical (unpaired) electrons. The average Bonchev–Trinajstić information content (AvgIpc) is 3.55. The van der Waals surface area contributed by atoms with Crippen LogP contribution in [0.2, 0.25) is 0 Å². The maximum absolute atomic E-state index is 13.3. The molecule has 6 rings (SSSR count). The van der Waals surface area contributed by atoms with Crippen molar-refractivity contribution in [1.29, 1.82) is 0 Å². The van der Waals surface area contributed by atoms with Gasteiger partial charge in [-0.3, -0.25) is 14.5 Å². The van der Waals surface area contributed by atoms with Crippen molar-refractivity contribution in [1.82, 2.24) is 25.5 Å². The number of ether oxygens (including phenoxy) is 4. The highest BCUT2D eigenvalue weighted by Gasteiger charge is 2.36. The van der Waals surface area contributed by atoms with Gasteiger partial charge in [-0.15, -0.1) is 0 Å². The summed E-state index contributed by atoms with van der Waals surface area (Å²) in [6.45, 7) is 1.86. The second-order valence-electron chi connectivity index (χ2n) is 8.94. The molecule has 3 aliphatic rings. The Balaban J connectivity index is 1.46. The zero-order chi connectivity index (χ0) is 25.8. The molecule has 1 fully saturated rings. The maximum Gasteiger partial charge on any atom is 0.258 e. The van der Waals surface area contributed by atoms with E-state index < -0.39 is 0 Å². The fourth-order valence-electron chi connectivity index (χ4n) is 4.52. The predicted octanol–water partition coefficient (Wildman–Crippen LogP) is 1.50. The van der Waals surface area contributed by atoms with Crippen LogP contribution in [0, 0.1) is 0 Å². The van der Waals surface area contributed by atoms with Crippen LogP contribution < -0.4 is 29.6 Å². The smallest absolute Gasteiger partial charge is 0.258 e. The fraction of sp³-hybridized carbons (Fsp3) is 0.346. The number of H-pyrrole nitrogens is 1. The molecule has 0 saturated carbocycles. The lowest BCUT2D eigenvalue weighted by Gasteiger charge is -2.22. The highest BCUT2D eigenvalue weighted by atomic mass is 16.5. The van der Waals surface area contributed by atoms with Crippen LogP contribution in [0.4, 0.5) is 0 Å². The number of nitrogens with zero attached hydrogens (tertiary/aromatic N) is 2. The SMILES string of the molecule is COc1cc2cc(c1)C(=O)N[C@H]1CN(Cc3cnc[nH]3)C[C@@H]1Oc1ccc(c(OC)c1)CNC(=O)CO2. The molecule has 2 atom stereocenters. The first-order valence-electron chi connectivity index (χ1n) is 11.9. The molecule has 3 aliphatic heterocycles. The quantitative estimate of drug-likeness (QED) is 0.485. The molecule has 37 heavy (non-hydrogen) atoms. The first kappa shape index (κ1) is 24.4. The van der Waals surface area contributed by atoms with Crippen LogP contribution in [-0.4, -0.2) is 72.7 Å². The normalized spacial score (nSPS) is 20.2. The van der Waals surface area contributed by atoms with E-state index in [-0.39, 0.29) is 37.1 Å². The number of carbonyl (C=O) groups excluding carboxylic acids is 2. The summed E-state index contributed by atoms with van der Waals surface area (Å²) in [5, 5.41) is 5.95. The third-order valence-electron chi connectivity index (χ3n) is 6.38. The van der Waals surface area contributed by atoms with E-state index in [0.29, 0.717) is 48.2 Å². The van der Waals surface area contributed by atoms with Crippen LogP contribution in [0.25, 0.3) is 0 Å². The van der Waals surface area contributed by atoms with Gasteiger partial charge >= 0.3 is 0 Å². The molecule has 0 aliphatic carbocycles. The Labute approximate surface area is 214 Å². The molecule has 4 heterocycles. The van der Waals surface area contributed by atoms with Crippen LogP contribution in [0.1, 0.15) is 21.6 Å². The minimum absolute atomic E-state index is 0.217. The maximum atomic E-state index is 13.3. The number of aromatic amines is 1. The third kappa shape index (κ3) is 5.78. The highest BCUT2D eigenvalue weighted by Crippen LogP contribution is 2.28. The highest BCUT2D eigenvalue weighted by molar-refractivity contribution is 5.95. The number of nitrogens with one attached hydrogen (secondary N) is 3. The first-order valence-corrected chi connectivity index (χ1v) is 11.9. The Morgan fingerprint density at radius 3 is 2.76 bits per heavy atom. The van der Waals surface area contributed by atoms with E-state index in [9.17, 15) is 9.59 Å². The minimum Gasteiger partial charge on any atom is -0.497 e. The van der Waals surface area contributed by atoms with Gasteiger partial charge in [-0.05, 0) is 24.3 Å². The van der Waals surface area contributed by atoms with Crippen molar-refractivity contribution in [2.45, 2.75) is 25.2 Å². The van der Waals surface area contributed by atoms with Crippen LogP contribution in [-0.2, 0) is 17.9 Å². The van der Waals surface area contributed by atoms with Crippen molar-refractivity contribution >= 4 is 11.8 Å². The summed E-state index contributed by atoms with van der Waals surface area (Å²) >= 11 is 0. The van der Waals surface area contributed by atoms with Crippen molar-refractivity contribution < 1.29 is 28.5 Å². The topological polar surface area (TPSA) is 127 Å². The molecule has 3 N–H and O–H groups in total. The van der Waals surface area contributed by atoms with E-state index in [2.05, 4.69) is 25.5 Å². The molecular formula is C26H29N5O6. The van der Waals surface area contributed by atoms with Crippen LogP contribution in [0.5, 0.6) is 23.0 Å². The molecule has 2 aromatic carbocycles. The molecule has 0 unspecified atom stereocenters. The summed E-state index contributed by atoms with van der Waals surface area (Å²) < 4.78 is 23.0. The van der Waals surface area contributed by atoms with Gasteiger partial charge in [-0.2, -0.15) is 0 Å². The summed E-state index contributed by atoms with van der Waals surface area (Å²) in [5.74, 6) is 1.39. The molecule has 1 aromatic heterocycles. The van der Waals surface area contributed by atoms with Crippen LogP contribution >= 0.6 is 0 Å². The number of fused-ring (bicyclic) bond motifs is 7. The number of hydrogen-bond donors (Lipinski definition) is 3. The van der Waals surface area contributed by atoms with E-state index in [1.807, 2.05) is 12.1 Å². The van der Waals surface area contributed by atoms with Gasteiger partial charge in [0.05, 0.1) is 26.6 Å². The standard InChI is InChI=1S/C26H29N5O6/c1-34-20-5-17-6-21(7-20)36-14-25(32)28-9-16-3-4-19(8-23(16)35-2)37-24-13-31(11-18-10-27-15-29-18)12-22(24)30-26(17)33/h3-8,10,15,22,24H,9,11-14H2,1-2H3,(H,27,29)(H,28,32)(H,30,33)/t22-,24-/m0/s1. The predicted molar refractivity (Wildman–Crippen MR) is 133 cm³/mol. The molecular weight excluding hydrogens is 478 g/mol. The molecule has 1 saturated heterocycles. The molecule has 11 heteroatoms. The first-order chi connectivity index (χ1) is 18.0. The lowest BCUT2D eigenvalue weighted by Crippen LogP contribution is -2.45. The number of hydrogen-bond acceptors (Lipinski definition) is 8. The zero-order valence-electron chi connectivity index (χ0n) is 20.7. The lowest BCUT2D eigenvalue weighted by molar-refractivity contribution is -0.123. The summed E-state index contributed by atoms with van der Waals surface area (Å²) in [4.78, 5) is 35.2. The average molecular weight is 508 g/mol. The van der Waals surface area contributed by atoms with Gasteiger partial charge in [-0.1, -0.05) is 0 Å². The second-order valence-corrected chi connectivity index (χ2v) is 8.94. The van der Waals surface area contributed by atoms with Crippen LogP contribution in [0.3, 0.4) is 0 Å². The number of benzene rings is 2. The number of carbonyl (C=O) groups is 2. The molecule has 3 aromatic rings. The summed E-state index contributed by atoms with van der Waals surface area (Å²) in [6.07, 6.45) is 3.11. The number of imidazole rings is 1. The number of amides is 2. The summed E-state index contributed by atoms with van der Waals surface area (Å²) in [5.41, 5.74) is 2.13. The van der Waals surface area contributed by atoms with E-state index in [4.69, 9.17) is 18.9 Å². The molecule has 4 bridgehead atoms. The summed E-state index contributed by atoms with van der Waals surface area (Å²) in [6, 6.07) is 10.0. The van der Waals surface area contributed by atoms with E-state index in [1.54, 1.807) is 43.9 Å². The van der Waals surface area contributed by atoms with Gasteiger partial charge in [0.2, 0.25) is 0 Å². The van der Waals surface area contributed by atoms with Gasteiger partial charge in [0, 0.05) is 61.3 Å². The van der Waals surface area contributed by atoms with E-state index >= 15 is 0 Å². The van der Waals surface area contributed by atoms with Crippen molar-refractivity contribution in [2.75, 3.05) is 33.9 Å². The van der Waals surface area contributed by atoms with Crippen molar-refractivity contribution in [2.24, 2.45) is 0 Å². The molecule has 0 spiro atoms. The van der Waals surface area contributed by atoms with E-state index in [1.165, 1.54) is 7.11 Å².